The van der Waals surface area contributed by atoms with Gasteiger partial charge in [0.2, 0.25) is 5.95 Å². The van der Waals surface area contributed by atoms with Gasteiger partial charge in [0, 0.05) is 11.7 Å². The van der Waals surface area contributed by atoms with Crippen LogP contribution in [0.2, 0.25) is 5.02 Å². The van der Waals surface area contributed by atoms with E-state index < -0.39 is 0 Å². The summed E-state index contributed by atoms with van der Waals surface area (Å²) in [6.07, 6.45) is 3.70. The highest BCUT2D eigenvalue weighted by molar-refractivity contribution is 6.33. The Morgan fingerprint density at radius 3 is 3.00 bits per heavy atom. The summed E-state index contributed by atoms with van der Waals surface area (Å²) >= 11 is 6.28. The first-order chi connectivity index (χ1) is 9.70. The molecule has 0 aliphatic carbocycles. The molecule has 1 aliphatic rings. The Balaban J connectivity index is 2.13. The maximum absolute atomic E-state index is 6.28. The standard InChI is InChI=1S/C14H16ClN5/c1-9-6-7-10-4-2-3-5-12(10)20(9)13-11(15)8-17-14(18-13)19-16/h2-5,8-9H,6-7,16H2,1H3,(H,17,18,19). The van der Waals surface area contributed by atoms with Crippen molar-refractivity contribution in [3.8, 4) is 0 Å². The highest BCUT2D eigenvalue weighted by atomic mass is 35.5. The van der Waals surface area contributed by atoms with Crippen molar-refractivity contribution in [1.82, 2.24) is 9.97 Å². The Morgan fingerprint density at radius 1 is 1.40 bits per heavy atom. The van der Waals surface area contributed by atoms with Gasteiger partial charge in [-0.2, -0.15) is 4.98 Å². The van der Waals surface area contributed by atoms with Crippen LogP contribution in [0, 0.1) is 0 Å². The molecule has 1 aromatic heterocycles. The van der Waals surface area contributed by atoms with Crippen molar-refractivity contribution in [2.45, 2.75) is 25.8 Å². The summed E-state index contributed by atoms with van der Waals surface area (Å²) < 4.78 is 0. The second-order valence-electron chi connectivity index (χ2n) is 4.90. The molecule has 6 heteroatoms. The van der Waals surface area contributed by atoms with E-state index in [4.69, 9.17) is 17.4 Å². The molecule has 5 nitrogen and oxygen atoms in total. The fourth-order valence-electron chi connectivity index (χ4n) is 2.61. The number of anilines is 3. The Morgan fingerprint density at radius 2 is 2.20 bits per heavy atom. The monoisotopic (exact) mass is 289 g/mol. The third kappa shape index (κ3) is 2.19. The summed E-state index contributed by atoms with van der Waals surface area (Å²) in [5.74, 6) is 6.44. The van der Waals surface area contributed by atoms with Crippen molar-refractivity contribution < 1.29 is 0 Å². The molecule has 20 heavy (non-hydrogen) atoms. The maximum Gasteiger partial charge on any atom is 0.239 e. The molecule has 0 saturated carbocycles. The number of aromatic nitrogens is 2. The van der Waals surface area contributed by atoms with Crippen molar-refractivity contribution in [2.75, 3.05) is 10.3 Å². The molecule has 104 valence electrons. The number of hydrazine groups is 1. The molecule has 1 aliphatic heterocycles. The quantitative estimate of drug-likeness (QED) is 0.657. The molecule has 2 heterocycles. The second kappa shape index (κ2) is 5.26. The van der Waals surface area contributed by atoms with Crippen molar-refractivity contribution in [1.29, 1.82) is 0 Å². The molecule has 3 rings (SSSR count). The molecular weight excluding hydrogens is 274 g/mol. The number of para-hydroxylation sites is 1. The molecule has 0 radical (unpaired) electrons. The van der Waals surface area contributed by atoms with Gasteiger partial charge in [-0.05, 0) is 31.4 Å². The fourth-order valence-corrected chi connectivity index (χ4v) is 2.79. The first-order valence-electron chi connectivity index (χ1n) is 6.57. The van der Waals surface area contributed by atoms with Crippen LogP contribution in [0.1, 0.15) is 18.9 Å². The number of fused-ring (bicyclic) bond motifs is 1. The van der Waals surface area contributed by atoms with Gasteiger partial charge < -0.3 is 4.90 Å². The molecule has 0 fully saturated rings. The van der Waals surface area contributed by atoms with Gasteiger partial charge in [0.05, 0.1) is 6.20 Å². The summed E-state index contributed by atoms with van der Waals surface area (Å²) in [7, 11) is 0. The minimum absolute atomic E-state index is 0.322. The van der Waals surface area contributed by atoms with E-state index in [9.17, 15) is 0 Å². The van der Waals surface area contributed by atoms with Crippen molar-refractivity contribution in [3.63, 3.8) is 0 Å². The van der Waals surface area contributed by atoms with Crippen LogP contribution >= 0.6 is 11.6 Å². The molecule has 2 aromatic rings. The van der Waals surface area contributed by atoms with Crippen LogP contribution in [0.5, 0.6) is 0 Å². The van der Waals surface area contributed by atoms with Gasteiger partial charge in [-0.3, -0.25) is 5.43 Å². The number of aryl methyl sites for hydroxylation is 1. The zero-order valence-electron chi connectivity index (χ0n) is 11.2. The fraction of sp³-hybridized carbons (Fsp3) is 0.286. The van der Waals surface area contributed by atoms with E-state index in [1.165, 1.54) is 5.56 Å². The van der Waals surface area contributed by atoms with Gasteiger partial charge in [0.15, 0.2) is 5.82 Å². The first-order valence-corrected chi connectivity index (χ1v) is 6.95. The SMILES string of the molecule is CC1CCc2ccccc2N1c1nc(NN)ncc1Cl. The van der Waals surface area contributed by atoms with E-state index in [1.54, 1.807) is 6.20 Å². The summed E-state index contributed by atoms with van der Waals surface area (Å²) in [4.78, 5) is 10.6. The lowest BCUT2D eigenvalue weighted by Gasteiger charge is -2.36. The Bertz CT molecular complexity index is 631. The van der Waals surface area contributed by atoms with Crippen LogP contribution in [0.15, 0.2) is 30.5 Å². The van der Waals surface area contributed by atoms with E-state index in [0.717, 1.165) is 18.5 Å². The lowest BCUT2D eigenvalue weighted by atomic mass is 9.97. The second-order valence-corrected chi connectivity index (χ2v) is 5.30. The van der Waals surface area contributed by atoms with Crippen LogP contribution in [-0.2, 0) is 6.42 Å². The number of nitrogens with zero attached hydrogens (tertiary/aromatic N) is 3. The van der Waals surface area contributed by atoms with Gasteiger partial charge in [-0.1, -0.05) is 29.8 Å². The Kier molecular flexibility index (Phi) is 3.46. The largest absolute Gasteiger partial charge is 0.322 e. The van der Waals surface area contributed by atoms with Crippen LogP contribution < -0.4 is 16.2 Å². The molecule has 0 spiro atoms. The third-order valence-corrected chi connectivity index (χ3v) is 3.87. The van der Waals surface area contributed by atoms with Crippen LogP contribution in [0.4, 0.5) is 17.5 Å². The van der Waals surface area contributed by atoms with Crippen molar-refractivity contribution in [2.24, 2.45) is 5.84 Å². The predicted molar refractivity (Wildman–Crippen MR) is 81.2 cm³/mol. The number of rotatable bonds is 2. The number of halogens is 1. The third-order valence-electron chi connectivity index (χ3n) is 3.61. The summed E-state index contributed by atoms with van der Waals surface area (Å²) in [6, 6.07) is 8.65. The zero-order valence-corrected chi connectivity index (χ0v) is 11.9. The number of nitrogens with one attached hydrogen (secondary N) is 1. The zero-order chi connectivity index (χ0) is 14.1. The van der Waals surface area contributed by atoms with Gasteiger partial charge in [-0.25, -0.2) is 10.8 Å². The van der Waals surface area contributed by atoms with Gasteiger partial charge in [-0.15, -0.1) is 0 Å². The van der Waals surface area contributed by atoms with Crippen molar-refractivity contribution >= 4 is 29.1 Å². The normalized spacial score (nSPS) is 17.8. The summed E-state index contributed by atoms with van der Waals surface area (Å²) in [6.45, 7) is 2.17. The number of hydrogen-bond acceptors (Lipinski definition) is 5. The molecular formula is C14H16ClN5. The molecule has 1 atom stereocenters. The lowest BCUT2D eigenvalue weighted by Crippen LogP contribution is -2.34. The average Bonchev–Trinajstić information content (AvgIpc) is 2.48. The number of nitrogens with two attached hydrogens (primary N) is 1. The molecule has 1 unspecified atom stereocenters. The molecule has 0 bridgehead atoms. The number of benzene rings is 1. The van der Waals surface area contributed by atoms with Gasteiger partial charge >= 0.3 is 0 Å². The minimum atomic E-state index is 0.322. The predicted octanol–water partition coefficient (Wildman–Crippen LogP) is 2.89. The number of nitrogen functional groups attached to an aromatic ring is 1. The Labute approximate surface area is 122 Å². The van der Waals surface area contributed by atoms with E-state index in [1.807, 2.05) is 6.07 Å². The average molecular weight is 290 g/mol. The van der Waals surface area contributed by atoms with E-state index in [-0.39, 0.29) is 0 Å². The molecule has 3 N–H and O–H groups in total. The number of hydrogen-bond donors (Lipinski definition) is 2. The van der Waals surface area contributed by atoms with Crippen LogP contribution in [-0.4, -0.2) is 16.0 Å². The summed E-state index contributed by atoms with van der Waals surface area (Å²) in [5, 5.41) is 0.521. The minimum Gasteiger partial charge on any atom is -0.322 e. The molecule has 0 saturated heterocycles. The van der Waals surface area contributed by atoms with Crippen LogP contribution in [0.3, 0.4) is 0 Å². The van der Waals surface area contributed by atoms with Crippen LogP contribution in [0.25, 0.3) is 0 Å². The molecule has 1 aromatic carbocycles. The summed E-state index contributed by atoms with van der Waals surface area (Å²) in [5.41, 5.74) is 4.92. The van der Waals surface area contributed by atoms with Gasteiger partial charge in [0.1, 0.15) is 5.02 Å². The molecule has 0 amide bonds. The van der Waals surface area contributed by atoms with Crippen molar-refractivity contribution in [3.05, 3.63) is 41.0 Å². The highest BCUT2D eigenvalue weighted by Gasteiger charge is 2.27. The smallest absolute Gasteiger partial charge is 0.239 e. The van der Waals surface area contributed by atoms with Gasteiger partial charge in [0.25, 0.3) is 0 Å². The Hall–Kier alpha value is -1.85. The van der Waals surface area contributed by atoms with E-state index in [2.05, 4.69) is 45.4 Å². The highest BCUT2D eigenvalue weighted by Crippen LogP contribution is 2.38. The lowest BCUT2D eigenvalue weighted by molar-refractivity contribution is 0.613. The van der Waals surface area contributed by atoms with E-state index >= 15 is 0 Å². The topological polar surface area (TPSA) is 67.1 Å². The first kappa shape index (κ1) is 13.1. The maximum atomic E-state index is 6.28. The van der Waals surface area contributed by atoms with E-state index in [0.29, 0.717) is 22.8 Å².